The molecule has 6 nitrogen and oxygen atoms in total. The van der Waals surface area contributed by atoms with Crippen molar-refractivity contribution in [3.05, 3.63) is 23.8 Å². The van der Waals surface area contributed by atoms with E-state index in [1.807, 2.05) is 31.2 Å². The quantitative estimate of drug-likeness (QED) is 0.750. The second-order valence-corrected chi connectivity index (χ2v) is 5.72. The lowest BCUT2D eigenvalue weighted by molar-refractivity contribution is -0.120. The van der Waals surface area contributed by atoms with Crippen LogP contribution in [-0.4, -0.2) is 43.7 Å². The van der Waals surface area contributed by atoms with Gasteiger partial charge in [0, 0.05) is 13.1 Å². The maximum absolute atomic E-state index is 11.4. The molecule has 1 heterocycles. The highest BCUT2D eigenvalue weighted by atomic mass is 16.5. The molecule has 0 radical (unpaired) electrons. The van der Waals surface area contributed by atoms with Crippen molar-refractivity contribution in [1.82, 2.24) is 10.2 Å². The van der Waals surface area contributed by atoms with E-state index in [1.165, 1.54) is 12.8 Å². The molecule has 1 saturated heterocycles. The predicted octanol–water partition coefficient (Wildman–Crippen LogP) is 2.09. The van der Waals surface area contributed by atoms with Crippen LogP contribution in [-0.2, 0) is 11.3 Å². The van der Waals surface area contributed by atoms with Gasteiger partial charge >= 0.3 is 0 Å². The van der Waals surface area contributed by atoms with E-state index in [2.05, 4.69) is 10.2 Å². The molecule has 24 heavy (non-hydrogen) atoms. The fraction of sp³-hybridized carbons (Fsp3) is 0.556. The Morgan fingerprint density at radius 3 is 2.79 bits per heavy atom. The average Bonchev–Trinajstić information content (AvgIpc) is 3.08. The standard InChI is InChI=1S/C18H25N3O3/c1-2-23-17-13-15(14-20-18(22)7-8-19)5-6-16(17)24-12-11-21-9-3-4-10-21/h5-6,13H,2-4,7,9-12,14H2,1H3,(H,20,22). The Bertz CT molecular complexity index is 577. The number of ether oxygens (including phenoxy) is 2. The normalized spacial score (nSPS) is 14.2. The molecule has 0 aliphatic carbocycles. The molecule has 6 heteroatoms. The largest absolute Gasteiger partial charge is 0.490 e. The number of carbonyl (C=O) groups is 1. The van der Waals surface area contributed by atoms with Crippen LogP contribution in [0.5, 0.6) is 11.5 Å². The first-order chi connectivity index (χ1) is 11.7. The van der Waals surface area contributed by atoms with Crippen LogP contribution in [0.25, 0.3) is 0 Å². The number of amides is 1. The molecular weight excluding hydrogens is 306 g/mol. The molecule has 0 atom stereocenters. The summed E-state index contributed by atoms with van der Waals surface area (Å²) in [4.78, 5) is 13.8. The van der Waals surface area contributed by atoms with Crippen LogP contribution in [0.15, 0.2) is 18.2 Å². The number of hydrogen-bond donors (Lipinski definition) is 1. The number of hydrogen-bond acceptors (Lipinski definition) is 5. The molecule has 1 aliphatic heterocycles. The van der Waals surface area contributed by atoms with E-state index in [1.54, 1.807) is 0 Å². The number of carbonyl (C=O) groups excluding carboxylic acids is 1. The summed E-state index contributed by atoms with van der Waals surface area (Å²) in [6, 6.07) is 7.49. The highest BCUT2D eigenvalue weighted by Gasteiger charge is 2.12. The molecule has 1 amide bonds. The zero-order chi connectivity index (χ0) is 17.2. The molecule has 0 bridgehead atoms. The van der Waals surface area contributed by atoms with Gasteiger partial charge in [-0.2, -0.15) is 5.26 Å². The number of likely N-dealkylation sites (tertiary alicyclic amines) is 1. The maximum atomic E-state index is 11.4. The lowest BCUT2D eigenvalue weighted by Crippen LogP contribution is -2.25. The molecule has 0 unspecified atom stereocenters. The smallest absolute Gasteiger partial charge is 0.234 e. The summed E-state index contributed by atoms with van der Waals surface area (Å²) in [6.07, 6.45) is 2.42. The fourth-order valence-corrected chi connectivity index (χ4v) is 2.68. The monoisotopic (exact) mass is 331 g/mol. The summed E-state index contributed by atoms with van der Waals surface area (Å²) in [5.41, 5.74) is 0.914. The van der Waals surface area contributed by atoms with Gasteiger partial charge in [0.1, 0.15) is 13.0 Å². The Morgan fingerprint density at radius 2 is 2.08 bits per heavy atom. The van der Waals surface area contributed by atoms with Crippen molar-refractivity contribution >= 4 is 5.91 Å². The van der Waals surface area contributed by atoms with E-state index in [9.17, 15) is 4.79 Å². The SMILES string of the molecule is CCOc1cc(CNC(=O)CC#N)ccc1OCCN1CCCC1. The minimum atomic E-state index is -0.276. The lowest BCUT2D eigenvalue weighted by Gasteiger charge is -2.17. The first-order valence-corrected chi connectivity index (χ1v) is 8.47. The van der Waals surface area contributed by atoms with Crippen molar-refractivity contribution in [1.29, 1.82) is 5.26 Å². The van der Waals surface area contributed by atoms with Gasteiger partial charge in [0.15, 0.2) is 11.5 Å². The number of benzene rings is 1. The van der Waals surface area contributed by atoms with Gasteiger partial charge in [-0.25, -0.2) is 0 Å². The van der Waals surface area contributed by atoms with Crippen molar-refractivity contribution in [3.63, 3.8) is 0 Å². The first kappa shape index (κ1) is 18.1. The van der Waals surface area contributed by atoms with Crippen LogP contribution in [0.1, 0.15) is 31.7 Å². The van der Waals surface area contributed by atoms with E-state index >= 15 is 0 Å². The Labute approximate surface area is 143 Å². The molecule has 1 aliphatic rings. The summed E-state index contributed by atoms with van der Waals surface area (Å²) in [5, 5.41) is 11.2. The summed E-state index contributed by atoms with van der Waals surface area (Å²) in [5.74, 6) is 1.13. The van der Waals surface area contributed by atoms with Gasteiger partial charge in [-0.15, -0.1) is 0 Å². The van der Waals surface area contributed by atoms with Gasteiger partial charge in [0.05, 0.1) is 12.7 Å². The Hall–Kier alpha value is -2.26. The summed E-state index contributed by atoms with van der Waals surface area (Å²) in [6.45, 7) is 6.72. The molecule has 1 fully saturated rings. The minimum Gasteiger partial charge on any atom is -0.490 e. The Kier molecular flexibility index (Phi) is 7.37. The summed E-state index contributed by atoms with van der Waals surface area (Å²) < 4.78 is 11.5. The van der Waals surface area contributed by atoms with Crippen molar-refractivity contribution in [2.24, 2.45) is 0 Å². The number of nitrogens with one attached hydrogen (secondary N) is 1. The van der Waals surface area contributed by atoms with Crippen LogP contribution >= 0.6 is 0 Å². The van der Waals surface area contributed by atoms with Gasteiger partial charge in [-0.1, -0.05) is 6.07 Å². The molecule has 2 rings (SSSR count). The molecular formula is C18H25N3O3. The molecule has 0 aromatic heterocycles. The molecule has 0 saturated carbocycles. The Balaban J connectivity index is 1.89. The van der Waals surface area contributed by atoms with E-state index in [0.717, 1.165) is 30.9 Å². The third-order valence-corrected chi connectivity index (χ3v) is 3.90. The molecule has 130 valence electrons. The highest BCUT2D eigenvalue weighted by Crippen LogP contribution is 2.28. The summed E-state index contributed by atoms with van der Waals surface area (Å²) in [7, 11) is 0. The number of rotatable bonds is 9. The van der Waals surface area contributed by atoms with Crippen LogP contribution in [0, 0.1) is 11.3 Å². The third kappa shape index (κ3) is 5.74. The van der Waals surface area contributed by atoms with Gasteiger partial charge in [0.2, 0.25) is 5.91 Å². The van der Waals surface area contributed by atoms with Gasteiger partial charge in [0.25, 0.3) is 0 Å². The lowest BCUT2D eigenvalue weighted by atomic mass is 10.2. The molecule has 1 aromatic rings. The minimum absolute atomic E-state index is 0.129. The van der Waals surface area contributed by atoms with Crippen LogP contribution in [0.3, 0.4) is 0 Å². The molecule has 1 N–H and O–H groups in total. The predicted molar refractivity (Wildman–Crippen MR) is 90.9 cm³/mol. The highest BCUT2D eigenvalue weighted by molar-refractivity contribution is 5.77. The molecule has 0 spiro atoms. The second-order valence-electron chi connectivity index (χ2n) is 5.72. The maximum Gasteiger partial charge on any atom is 0.234 e. The molecule has 1 aromatic carbocycles. The van der Waals surface area contributed by atoms with Gasteiger partial charge < -0.3 is 14.8 Å². The van der Waals surface area contributed by atoms with E-state index in [4.69, 9.17) is 14.7 Å². The zero-order valence-electron chi connectivity index (χ0n) is 14.2. The van der Waals surface area contributed by atoms with Gasteiger partial charge in [-0.05, 0) is 50.6 Å². The summed E-state index contributed by atoms with van der Waals surface area (Å²) >= 11 is 0. The first-order valence-electron chi connectivity index (χ1n) is 8.47. The van der Waals surface area contributed by atoms with Crippen LogP contribution in [0.4, 0.5) is 0 Å². The van der Waals surface area contributed by atoms with Crippen molar-refractivity contribution in [2.75, 3.05) is 32.8 Å². The number of nitrogens with zero attached hydrogens (tertiary/aromatic N) is 2. The van der Waals surface area contributed by atoms with Crippen molar-refractivity contribution < 1.29 is 14.3 Å². The Morgan fingerprint density at radius 1 is 1.29 bits per heavy atom. The average molecular weight is 331 g/mol. The van der Waals surface area contributed by atoms with E-state index < -0.39 is 0 Å². The van der Waals surface area contributed by atoms with E-state index in [0.29, 0.717) is 25.5 Å². The third-order valence-electron chi connectivity index (χ3n) is 3.90. The topological polar surface area (TPSA) is 74.6 Å². The van der Waals surface area contributed by atoms with Crippen molar-refractivity contribution in [3.8, 4) is 17.6 Å². The van der Waals surface area contributed by atoms with Gasteiger partial charge in [-0.3, -0.25) is 9.69 Å². The van der Waals surface area contributed by atoms with Crippen LogP contribution in [0.2, 0.25) is 0 Å². The number of nitriles is 1. The zero-order valence-corrected chi connectivity index (χ0v) is 14.2. The van der Waals surface area contributed by atoms with Crippen molar-refractivity contribution in [2.45, 2.75) is 32.7 Å². The van der Waals surface area contributed by atoms with Crippen LogP contribution < -0.4 is 14.8 Å². The fourth-order valence-electron chi connectivity index (χ4n) is 2.68. The van der Waals surface area contributed by atoms with E-state index in [-0.39, 0.29) is 12.3 Å². The second kappa shape index (κ2) is 9.78.